The first-order chi connectivity index (χ1) is 6.66. The Morgan fingerprint density at radius 2 is 2.14 bits per heavy atom. The first kappa shape index (κ1) is 13.4. The second kappa shape index (κ2) is 9.00. The van der Waals surface area contributed by atoms with Gasteiger partial charge in [0.25, 0.3) is 0 Å². The first-order valence-electron chi connectivity index (χ1n) is 5.53. The Labute approximate surface area is 87.2 Å². The summed E-state index contributed by atoms with van der Waals surface area (Å²) in [7, 11) is 0. The summed E-state index contributed by atoms with van der Waals surface area (Å²) in [6.45, 7) is 8.20. The molecule has 0 atom stereocenters. The lowest BCUT2D eigenvalue weighted by atomic mass is 10.1. The van der Waals surface area contributed by atoms with E-state index in [-0.39, 0.29) is 5.97 Å². The van der Waals surface area contributed by atoms with E-state index >= 15 is 0 Å². The Balaban J connectivity index is 3.18. The SMILES string of the molecule is CCCCOC(=O)CNCCC(C)C. The van der Waals surface area contributed by atoms with Crippen LogP contribution >= 0.6 is 0 Å². The summed E-state index contributed by atoms with van der Waals surface area (Å²) in [5.74, 6) is 0.542. The molecule has 0 spiro atoms. The first-order valence-corrected chi connectivity index (χ1v) is 5.53. The van der Waals surface area contributed by atoms with Crippen LogP contribution in [0.4, 0.5) is 0 Å². The summed E-state index contributed by atoms with van der Waals surface area (Å²) in [6.07, 6.45) is 3.12. The Morgan fingerprint density at radius 1 is 1.43 bits per heavy atom. The van der Waals surface area contributed by atoms with Gasteiger partial charge in [0, 0.05) is 0 Å². The maximum Gasteiger partial charge on any atom is 0.319 e. The average Bonchev–Trinajstić information content (AvgIpc) is 2.13. The van der Waals surface area contributed by atoms with Gasteiger partial charge in [0.05, 0.1) is 13.2 Å². The average molecular weight is 201 g/mol. The molecule has 0 rings (SSSR count). The monoisotopic (exact) mass is 201 g/mol. The molecule has 84 valence electrons. The van der Waals surface area contributed by atoms with Crippen LogP contribution in [0.1, 0.15) is 40.0 Å². The molecule has 0 unspecified atom stereocenters. The van der Waals surface area contributed by atoms with E-state index in [1.807, 2.05) is 0 Å². The number of hydrogen-bond acceptors (Lipinski definition) is 3. The highest BCUT2D eigenvalue weighted by atomic mass is 16.5. The van der Waals surface area contributed by atoms with Crippen molar-refractivity contribution in [2.24, 2.45) is 5.92 Å². The molecule has 3 nitrogen and oxygen atoms in total. The minimum Gasteiger partial charge on any atom is -0.465 e. The number of carbonyl (C=O) groups is 1. The van der Waals surface area contributed by atoms with Crippen molar-refractivity contribution in [1.82, 2.24) is 5.32 Å². The normalized spacial score (nSPS) is 10.6. The largest absolute Gasteiger partial charge is 0.465 e. The zero-order valence-electron chi connectivity index (χ0n) is 9.64. The summed E-state index contributed by atoms with van der Waals surface area (Å²) in [5, 5.41) is 3.07. The molecule has 1 N–H and O–H groups in total. The molecule has 0 amide bonds. The van der Waals surface area contributed by atoms with Crippen molar-refractivity contribution in [2.75, 3.05) is 19.7 Å². The fourth-order valence-corrected chi connectivity index (χ4v) is 0.963. The van der Waals surface area contributed by atoms with Gasteiger partial charge in [0.1, 0.15) is 0 Å². The van der Waals surface area contributed by atoms with Gasteiger partial charge in [-0.05, 0) is 25.3 Å². The molecule has 14 heavy (non-hydrogen) atoms. The summed E-state index contributed by atoms with van der Waals surface area (Å²) >= 11 is 0. The lowest BCUT2D eigenvalue weighted by molar-refractivity contribution is -0.142. The number of hydrogen-bond donors (Lipinski definition) is 1. The van der Waals surface area contributed by atoms with E-state index in [9.17, 15) is 4.79 Å². The van der Waals surface area contributed by atoms with Crippen LogP contribution in [0.3, 0.4) is 0 Å². The van der Waals surface area contributed by atoms with Crippen molar-refractivity contribution in [1.29, 1.82) is 0 Å². The van der Waals surface area contributed by atoms with Crippen molar-refractivity contribution in [3.05, 3.63) is 0 Å². The zero-order chi connectivity index (χ0) is 10.8. The zero-order valence-corrected chi connectivity index (χ0v) is 9.64. The summed E-state index contributed by atoms with van der Waals surface area (Å²) < 4.78 is 4.99. The molecular weight excluding hydrogens is 178 g/mol. The quantitative estimate of drug-likeness (QED) is 0.482. The molecule has 0 fully saturated rings. The van der Waals surface area contributed by atoms with Gasteiger partial charge in [0.2, 0.25) is 0 Å². The third kappa shape index (κ3) is 9.52. The van der Waals surface area contributed by atoms with Crippen molar-refractivity contribution in [3.63, 3.8) is 0 Å². The van der Waals surface area contributed by atoms with Crippen molar-refractivity contribution >= 4 is 5.97 Å². The third-order valence-corrected chi connectivity index (χ3v) is 1.93. The Bertz CT molecular complexity index is 146. The molecule has 0 radical (unpaired) electrons. The highest BCUT2D eigenvalue weighted by Crippen LogP contribution is 1.96. The number of rotatable bonds is 8. The van der Waals surface area contributed by atoms with Gasteiger partial charge in [-0.25, -0.2) is 0 Å². The lowest BCUT2D eigenvalue weighted by Crippen LogP contribution is -2.26. The van der Waals surface area contributed by atoms with Crippen LogP contribution in [-0.2, 0) is 9.53 Å². The molecule has 0 aromatic rings. The topological polar surface area (TPSA) is 38.3 Å². The van der Waals surface area contributed by atoms with Gasteiger partial charge in [-0.1, -0.05) is 27.2 Å². The number of nitrogens with one attached hydrogen (secondary N) is 1. The molecule has 0 aliphatic heterocycles. The third-order valence-electron chi connectivity index (χ3n) is 1.93. The van der Waals surface area contributed by atoms with Crippen LogP contribution in [0.2, 0.25) is 0 Å². The van der Waals surface area contributed by atoms with Crippen LogP contribution in [-0.4, -0.2) is 25.7 Å². The van der Waals surface area contributed by atoms with Crippen LogP contribution in [0.5, 0.6) is 0 Å². The Hall–Kier alpha value is -0.570. The number of ether oxygens (including phenoxy) is 1. The molecule has 0 aromatic heterocycles. The maximum absolute atomic E-state index is 11.1. The predicted molar refractivity (Wildman–Crippen MR) is 58.2 cm³/mol. The van der Waals surface area contributed by atoms with Gasteiger partial charge >= 0.3 is 5.97 Å². The Kier molecular flexibility index (Phi) is 8.64. The maximum atomic E-state index is 11.1. The minimum atomic E-state index is -0.137. The smallest absolute Gasteiger partial charge is 0.319 e. The molecule has 0 heterocycles. The van der Waals surface area contributed by atoms with Gasteiger partial charge < -0.3 is 10.1 Å². The van der Waals surface area contributed by atoms with Gasteiger partial charge in [-0.3, -0.25) is 4.79 Å². The van der Waals surface area contributed by atoms with Crippen LogP contribution in [0, 0.1) is 5.92 Å². The van der Waals surface area contributed by atoms with E-state index in [0.717, 1.165) is 25.8 Å². The van der Waals surface area contributed by atoms with Crippen LogP contribution in [0.25, 0.3) is 0 Å². The van der Waals surface area contributed by atoms with Crippen LogP contribution < -0.4 is 5.32 Å². The van der Waals surface area contributed by atoms with Gasteiger partial charge in [0.15, 0.2) is 0 Å². The van der Waals surface area contributed by atoms with E-state index in [2.05, 4.69) is 26.1 Å². The van der Waals surface area contributed by atoms with Gasteiger partial charge in [-0.2, -0.15) is 0 Å². The standard InChI is InChI=1S/C11H23NO2/c1-4-5-8-14-11(13)9-12-7-6-10(2)3/h10,12H,4-9H2,1-3H3. The molecule has 0 aliphatic carbocycles. The van der Waals surface area contributed by atoms with Gasteiger partial charge in [-0.15, -0.1) is 0 Å². The number of esters is 1. The molecule has 3 heteroatoms. The van der Waals surface area contributed by atoms with Crippen molar-refractivity contribution in [2.45, 2.75) is 40.0 Å². The Morgan fingerprint density at radius 3 is 2.71 bits per heavy atom. The fourth-order valence-electron chi connectivity index (χ4n) is 0.963. The van der Waals surface area contributed by atoms with E-state index in [0.29, 0.717) is 19.1 Å². The van der Waals surface area contributed by atoms with E-state index in [4.69, 9.17) is 4.74 Å². The lowest BCUT2D eigenvalue weighted by Gasteiger charge is -2.07. The molecule has 0 saturated carbocycles. The summed E-state index contributed by atoms with van der Waals surface area (Å²) in [5.41, 5.74) is 0. The second-order valence-electron chi connectivity index (χ2n) is 3.93. The molecule has 0 aliphatic rings. The predicted octanol–water partition coefficient (Wildman–Crippen LogP) is 1.97. The number of unbranched alkanes of at least 4 members (excludes halogenated alkanes) is 1. The van der Waals surface area contributed by atoms with E-state index in [1.165, 1.54) is 0 Å². The second-order valence-corrected chi connectivity index (χ2v) is 3.93. The van der Waals surface area contributed by atoms with E-state index in [1.54, 1.807) is 0 Å². The minimum absolute atomic E-state index is 0.137. The highest BCUT2D eigenvalue weighted by Gasteiger charge is 2.01. The summed E-state index contributed by atoms with van der Waals surface area (Å²) in [4.78, 5) is 11.1. The van der Waals surface area contributed by atoms with E-state index < -0.39 is 0 Å². The highest BCUT2D eigenvalue weighted by molar-refractivity contribution is 5.71. The molecule has 0 saturated heterocycles. The molecule has 0 aromatic carbocycles. The molecular formula is C11H23NO2. The summed E-state index contributed by atoms with van der Waals surface area (Å²) in [6, 6.07) is 0. The van der Waals surface area contributed by atoms with Crippen molar-refractivity contribution in [3.8, 4) is 0 Å². The molecule has 0 bridgehead atoms. The number of carbonyl (C=O) groups excluding carboxylic acids is 1. The van der Waals surface area contributed by atoms with Crippen LogP contribution in [0.15, 0.2) is 0 Å². The fraction of sp³-hybridized carbons (Fsp3) is 0.909. The van der Waals surface area contributed by atoms with Crippen molar-refractivity contribution < 1.29 is 9.53 Å².